The van der Waals surface area contributed by atoms with E-state index in [2.05, 4.69) is 15.3 Å². The number of nitrogens with one attached hydrogen (secondary N) is 1. The van der Waals surface area contributed by atoms with Crippen LogP contribution in [0, 0.1) is 0 Å². The number of aromatic nitrogens is 2. The molecule has 0 aliphatic carbocycles. The first-order valence-corrected chi connectivity index (χ1v) is 7.05. The van der Waals surface area contributed by atoms with Crippen molar-refractivity contribution in [1.29, 1.82) is 0 Å². The Kier molecular flexibility index (Phi) is 4.07. The molecule has 4 heteroatoms. The van der Waals surface area contributed by atoms with Gasteiger partial charge in [0.05, 0.1) is 5.52 Å². The van der Waals surface area contributed by atoms with E-state index in [-0.39, 0.29) is 6.61 Å². The number of para-hydroxylation sites is 1. The smallest absolute Gasteiger partial charge is 0.162 e. The molecular formula is C17H17N3O. The topological polar surface area (TPSA) is 58.0 Å². The summed E-state index contributed by atoms with van der Waals surface area (Å²) in [7, 11) is 0. The summed E-state index contributed by atoms with van der Waals surface area (Å²) in [6.07, 6.45) is 0.693. The Labute approximate surface area is 123 Å². The van der Waals surface area contributed by atoms with E-state index in [1.54, 1.807) is 0 Å². The summed E-state index contributed by atoms with van der Waals surface area (Å²) in [5.74, 6) is 1.52. The fraction of sp³-hybridized carbons (Fsp3) is 0.176. The largest absolute Gasteiger partial charge is 0.396 e. The van der Waals surface area contributed by atoms with E-state index in [1.165, 1.54) is 0 Å². The van der Waals surface area contributed by atoms with Crippen molar-refractivity contribution >= 4 is 16.7 Å². The maximum Gasteiger partial charge on any atom is 0.162 e. The molecule has 106 valence electrons. The molecule has 21 heavy (non-hydrogen) atoms. The van der Waals surface area contributed by atoms with Gasteiger partial charge in [-0.15, -0.1) is 0 Å². The van der Waals surface area contributed by atoms with Crippen molar-refractivity contribution in [3.63, 3.8) is 0 Å². The molecule has 1 heterocycles. The minimum atomic E-state index is 0.168. The van der Waals surface area contributed by atoms with Crippen LogP contribution < -0.4 is 5.32 Å². The number of hydrogen-bond donors (Lipinski definition) is 2. The molecule has 2 N–H and O–H groups in total. The van der Waals surface area contributed by atoms with Crippen LogP contribution in [0.2, 0.25) is 0 Å². The first-order valence-electron chi connectivity index (χ1n) is 7.05. The number of rotatable bonds is 5. The van der Waals surface area contributed by atoms with Crippen LogP contribution in [0.15, 0.2) is 54.6 Å². The molecule has 0 atom stereocenters. The van der Waals surface area contributed by atoms with Gasteiger partial charge in [0.25, 0.3) is 0 Å². The summed E-state index contributed by atoms with van der Waals surface area (Å²) >= 11 is 0. The van der Waals surface area contributed by atoms with Gasteiger partial charge in [0.2, 0.25) is 0 Å². The molecule has 1 aromatic heterocycles. The number of nitrogens with zero attached hydrogens (tertiary/aromatic N) is 2. The lowest BCUT2D eigenvalue weighted by molar-refractivity contribution is 0.292. The molecule has 2 aromatic carbocycles. The second-order valence-electron chi connectivity index (χ2n) is 4.78. The number of anilines is 1. The molecule has 4 nitrogen and oxygen atoms in total. The van der Waals surface area contributed by atoms with Gasteiger partial charge in [0.1, 0.15) is 5.82 Å². The average molecular weight is 279 g/mol. The number of hydrogen-bond acceptors (Lipinski definition) is 4. The maximum atomic E-state index is 8.92. The quantitative estimate of drug-likeness (QED) is 0.705. The summed E-state index contributed by atoms with van der Waals surface area (Å²) in [5.41, 5.74) is 1.91. The van der Waals surface area contributed by atoms with Gasteiger partial charge in [0, 0.05) is 24.1 Å². The van der Waals surface area contributed by atoms with Crippen LogP contribution >= 0.6 is 0 Å². The van der Waals surface area contributed by atoms with Crippen LogP contribution in [0.1, 0.15) is 6.42 Å². The molecule has 0 aliphatic heterocycles. The van der Waals surface area contributed by atoms with E-state index in [0.29, 0.717) is 18.8 Å². The Bertz CT molecular complexity index is 728. The predicted molar refractivity (Wildman–Crippen MR) is 85.2 cm³/mol. The minimum absolute atomic E-state index is 0.168. The standard InChI is InChI=1S/C17H17N3O/c21-12-6-11-18-17-14-9-4-5-10-15(14)19-16(20-17)13-7-2-1-3-8-13/h1-5,7-10,21H,6,11-12H2,(H,18,19,20). The Hall–Kier alpha value is -2.46. The van der Waals surface area contributed by atoms with E-state index >= 15 is 0 Å². The van der Waals surface area contributed by atoms with Crippen LogP contribution in [0.3, 0.4) is 0 Å². The molecule has 0 aliphatic rings. The number of aliphatic hydroxyl groups is 1. The van der Waals surface area contributed by atoms with Crippen molar-refractivity contribution in [3.8, 4) is 11.4 Å². The molecule has 0 unspecified atom stereocenters. The number of benzene rings is 2. The molecule has 3 rings (SSSR count). The minimum Gasteiger partial charge on any atom is -0.396 e. The maximum absolute atomic E-state index is 8.92. The first kappa shape index (κ1) is 13.5. The SMILES string of the molecule is OCCCNc1nc(-c2ccccc2)nc2ccccc12. The molecule has 0 saturated heterocycles. The Morgan fingerprint density at radius 2 is 1.67 bits per heavy atom. The molecule has 0 radical (unpaired) electrons. The molecular weight excluding hydrogens is 262 g/mol. The zero-order valence-corrected chi connectivity index (χ0v) is 11.7. The second-order valence-corrected chi connectivity index (χ2v) is 4.78. The third kappa shape index (κ3) is 3.01. The van der Waals surface area contributed by atoms with Gasteiger partial charge in [-0.3, -0.25) is 0 Å². The zero-order chi connectivity index (χ0) is 14.5. The van der Waals surface area contributed by atoms with E-state index in [0.717, 1.165) is 22.3 Å². The zero-order valence-electron chi connectivity index (χ0n) is 11.7. The summed E-state index contributed by atoms with van der Waals surface area (Å²) in [6, 6.07) is 17.9. The highest BCUT2D eigenvalue weighted by molar-refractivity contribution is 5.90. The summed E-state index contributed by atoms with van der Waals surface area (Å²) in [5, 5.41) is 13.2. The van der Waals surface area contributed by atoms with Crippen LogP contribution in [-0.2, 0) is 0 Å². The third-order valence-electron chi connectivity index (χ3n) is 3.26. The van der Waals surface area contributed by atoms with Gasteiger partial charge in [-0.2, -0.15) is 0 Å². The third-order valence-corrected chi connectivity index (χ3v) is 3.26. The van der Waals surface area contributed by atoms with E-state index in [1.807, 2.05) is 54.6 Å². The second kappa shape index (κ2) is 6.33. The fourth-order valence-electron chi connectivity index (χ4n) is 2.21. The van der Waals surface area contributed by atoms with E-state index < -0.39 is 0 Å². The average Bonchev–Trinajstić information content (AvgIpc) is 2.55. The Morgan fingerprint density at radius 1 is 0.905 bits per heavy atom. The molecule has 0 amide bonds. The van der Waals surface area contributed by atoms with Gasteiger partial charge in [-0.1, -0.05) is 42.5 Å². The van der Waals surface area contributed by atoms with Crippen molar-refractivity contribution in [1.82, 2.24) is 9.97 Å². The highest BCUT2D eigenvalue weighted by Gasteiger charge is 2.08. The first-order chi connectivity index (χ1) is 10.4. The Morgan fingerprint density at radius 3 is 2.48 bits per heavy atom. The van der Waals surface area contributed by atoms with Crippen LogP contribution in [0.4, 0.5) is 5.82 Å². The van der Waals surface area contributed by atoms with Crippen LogP contribution in [0.5, 0.6) is 0 Å². The number of aliphatic hydroxyl groups excluding tert-OH is 1. The Balaban J connectivity index is 2.06. The van der Waals surface area contributed by atoms with Gasteiger partial charge in [-0.05, 0) is 18.6 Å². The normalized spacial score (nSPS) is 10.7. The van der Waals surface area contributed by atoms with Crippen molar-refractivity contribution in [2.75, 3.05) is 18.5 Å². The highest BCUT2D eigenvalue weighted by Crippen LogP contribution is 2.24. The van der Waals surface area contributed by atoms with Gasteiger partial charge < -0.3 is 10.4 Å². The summed E-state index contributed by atoms with van der Waals surface area (Å²) in [6.45, 7) is 0.854. The monoisotopic (exact) mass is 279 g/mol. The summed E-state index contributed by atoms with van der Waals surface area (Å²) < 4.78 is 0. The lowest BCUT2D eigenvalue weighted by Gasteiger charge is -2.10. The van der Waals surface area contributed by atoms with Gasteiger partial charge in [-0.25, -0.2) is 9.97 Å². The lowest BCUT2D eigenvalue weighted by atomic mass is 10.2. The van der Waals surface area contributed by atoms with Crippen molar-refractivity contribution in [3.05, 3.63) is 54.6 Å². The van der Waals surface area contributed by atoms with Crippen molar-refractivity contribution < 1.29 is 5.11 Å². The molecule has 0 saturated carbocycles. The van der Waals surface area contributed by atoms with Gasteiger partial charge >= 0.3 is 0 Å². The van der Waals surface area contributed by atoms with E-state index in [4.69, 9.17) is 5.11 Å². The molecule has 0 fully saturated rings. The lowest BCUT2D eigenvalue weighted by Crippen LogP contribution is -2.07. The van der Waals surface area contributed by atoms with Gasteiger partial charge in [0.15, 0.2) is 5.82 Å². The number of fused-ring (bicyclic) bond motifs is 1. The molecule has 0 spiro atoms. The van der Waals surface area contributed by atoms with Crippen LogP contribution in [0.25, 0.3) is 22.3 Å². The van der Waals surface area contributed by atoms with E-state index in [9.17, 15) is 0 Å². The molecule has 0 bridgehead atoms. The highest BCUT2D eigenvalue weighted by atomic mass is 16.3. The predicted octanol–water partition coefficient (Wildman–Crippen LogP) is 3.09. The van der Waals surface area contributed by atoms with Crippen molar-refractivity contribution in [2.45, 2.75) is 6.42 Å². The van der Waals surface area contributed by atoms with Crippen LogP contribution in [-0.4, -0.2) is 28.2 Å². The molecule has 3 aromatic rings. The fourth-order valence-corrected chi connectivity index (χ4v) is 2.21. The van der Waals surface area contributed by atoms with Crippen molar-refractivity contribution in [2.24, 2.45) is 0 Å². The summed E-state index contributed by atoms with van der Waals surface area (Å²) in [4.78, 5) is 9.27.